The summed E-state index contributed by atoms with van der Waals surface area (Å²) in [4.78, 5) is 15.0. The predicted octanol–water partition coefficient (Wildman–Crippen LogP) is 6.82. The molecule has 0 radical (unpaired) electrons. The van der Waals surface area contributed by atoms with Crippen LogP contribution in [-0.2, 0) is 17.1 Å². The van der Waals surface area contributed by atoms with Gasteiger partial charge in [-0.2, -0.15) is 26.3 Å². The van der Waals surface area contributed by atoms with Crippen LogP contribution < -0.4 is 15.5 Å². The Morgan fingerprint density at radius 1 is 0.943 bits per heavy atom. The number of halogens is 6. The minimum absolute atomic E-state index is 0.0990. The van der Waals surface area contributed by atoms with Gasteiger partial charge in [0.15, 0.2) is 0 Å². The zero-order valence-corrected chi connectivity index (χ0v) is 18.4. The van der Waals surface area contributed by atoms with Gasteiger partial charge in [0, 0.05) is 35.2 Å². The van der Waals surface area contributed by atoms with E-state index in [1.807, 2.05) is 4.90 Å². The Hall–Kier alpha value is -3.43. The van der Waals surface area contributed by atoms with Crippen LogP contribution in [0.25, 0.3) is 5.57 Å². The van der Waals surface area contributed by atoms with E-state index >= 15 is 0 Å². The van der Waals surface area contributed by atoms with Gasteiger partial charge < -0.3 is 15.5 Å². The largest absolute Gasteiger partial charge is 0.418 e. The molecule has 2 aromatic rings. The van der Waals surface area contributed by atoms with E-state index in [0.717, 1.165) is 44.0 Å². The lowest BCUT2D eigenvalue weighted by Gasteiger charge is -2.27. The quantitative estimate of drug-likeness (QED) is 0.462. The summed E-state index contributed by atoms with van der Waals surface area (Å²) in [7, 11) is 0. The molecule has 2 bridgehead atoms. The van der Waals surface area contributed by atoms with Crippen molar-refractivity contribution in [1.82, 2.24) is 0 Å². The number of carbonyl (C=O) groups excluding carboxylic acids is 1. The van der Waals surface area contributed by atoms with Crippen molar-refractivity contribution in [3.8, 4) is 0 Å². The zero-order chi connectivity index (χ0) is 25.1. The Labute approximate surface area is 197 Å². The number of hydrogen-bond donors (Lipinski definition) is 2. The number of amides is 1. The van der Waals surface area contributed by atoms with Crippen molar-refractivity contribution in [1.29, 1.82) is 0 Å². The summed E-state index contributed by atoms with van der Waals surface area (Å²) < 4.78 is 82.4. The number of anilines is 3. The van der Waals surface area contributed by atoms with Gasteiger partial charge in [-0.1, -0.05) is 12.6 Å². The van der Waals surface area contributed by atoms with Gasteiger partial charge in [0.05, 0.1) is 22.4 Å². The second-order valence-electron chi connectivity index (χ2n) is 8.96. The highest BCUT2D eigenvalue weighted by Gasteiger charge is 2.42. The summed E-state index contributed by atoms with van der Waals surface area (Å²) in [5.74, 6) is -0.996. The number of benzene rings is 2. The molecule has 0 spiro atoms. The maximum absolute atomic E-state index is 13.9. The Morgan fingerprint density at radius 2 is 1.57 bits per heavy atom. The van der Waals surface area contributed by atoms with E-state index in [4.69, 9.17) is 0 Å². The van der Waals surface area contributed by atoms with Crippen molar-refractivity contribution < 1.29 is 31.1 Å². The Balaban J connectivity index is 1.45. The topological polar surface area (TPSA) is 44.4 Å². The van der Waals surface area contributed by atoms with Crippen molar-refractivity contribution in [3.63, 3.8) is 0 Å². The van der Waals surface area contributed by atoms with Crippen LogP contribution in [0.3, 0.4) is 0 Å². The highest BCUT2D eigenvalue weighted by atomic mass is 19.4. The Kier molecular flexibility index (Phi) is 5.37. The molecule has 1 amide bonds. The third-order valence-electron chi connectivity index (χ3n) is 6.92. The fraction of sp³-hybridized carbons (Fsp3) is 0.320. The van der Waals surface area contributed by atoms with E-state index in [-0.39, 0.29) is 34.5 Å². The maximum atomic E-state index is 13.9. The van der Waals surface area contributed by atoms with Crippen molar-refractivity contribution in [2.45, 2.75) is 50.1 Å². The van der Waals surface area contributed by atoms with Gasteiger partial charge in [-0.25, -0.2) is 0 Å². The summed E-state index contributed by atoms with van der Waals surface area (Å²) >= 11 is 0. The van der Waals surface area contributed by atoms with Gasteiger partial charge in [-0.3, -0.25) is 4.79 Å². The molecule has 0 unspecified atom stereocenters. The molecule has 184 valence electrons. The number of fused-ring (bicyclic) bond motifs is 3. The van der Waals surface area contributed by atoms with E-state index in [1.54, 1.807) is 6.07 Å². The van der Waals surface area contributed by atoms with Gasteiger partial charge in [0.25, 0.3) is 5.91 Å². The van der Waals surface area contributed by atoms with E-state index < -0.39 is 35.1 Å². The molecule has 3 aliphatic heterocycles. The molecule has 2 fully saturated rings. The molecular formula is C25H21F6N3O. The minimum atomic E-state index is -4.75. The summed E-state index contributed by atoms with van der Waals surface area (Å²) in [6, 6.07) is 7.67. The summed E-state index contributed by atoms with van der Waals surface area (Å²) in [6.45, 7) is 3.64. The summed E-state index contributed by atoms with van der Waals surface area (Å²) in [5.41, 5.74) is -2.77. The van der Waals surface area contributed by atoms with Crippen molar-refractivity contribution >= 4 is 28.5 Å². The van der Waals surface area contributed by atoms with Crippen LogP contribution in [0.5, 0.6) is 0 Å². The number of alkyl halides is 6. The molecule has 4 nitrogen and oxygen atoms in total. The molecule has 2 aromatic carbocycles. The molecule has 0 atom stereocenters. The van der Waals surface area contributed by atoms with Gasteiger partial charge in [-0.15, -0.1) is 0 Å². The monoisotopic (exact) mass is 493 g/mol. The number of carbonyl (C=O) groups is 1. The van der Waals surface area contributed by atoms with Crippen LogP contribution >= 0.6 is 0 Å². The molecule has 0 aromatic heterocycles. The van der Waals surface area contributed by atoms with Gasteiger partial charge >= 0.3 is 12.4 Å². The Bertz CT molecular complexity index is 1230. The number of hydrogen-bond acceptors (Lipinski definition) is 3. The lowest BCUT2D eigenvalue weighted by Crippen LogP contribution is -2.28. The molecule has 2 saturated heterocycles. The van der Waals surface area contributed by atoms with Crippen molar-refractivity contribution in [2.75, 3.05) is 15.5 Å². The van der Waals surface area contributed by atoms with Gasteiger partial charge in [0.2, 0.25) is 0 Å². The fourth-order valence-electron chi connectivity index (χ4n) is 5.37. The van der Waals surface area contributed by atoms with Crippen molar-refractivity contribution in [2.24, 2.45) is 0 Å². The number of rotatable bonds is 3. The smallest absolute Gasteiger partial charge is 0.366 e. The van der Waals surface area contributed by atoms with E-state index in [1.165, 1.54) is 18.2 Å². The van der Waals surface area contributed by atoms with Crippen LogP contribution in [0, 0.1) is 0 Å². The molecule has 5 rings (SSSR count). The van der Waals surface area contributed by atoms with Crippen LogP contribution in [0.2, 0.25) is 0 Å². The van der Waals surface area contributed by atoms with Crippen LogP contribution in [0.1, 0.15) is 42.4 Å². The first kappa shape index (κ1) is 23.3. The summed E-state index contributed by atoms with van der Waals surface area (Å²) in [6.07, 6.45) is -4.55. The lowest BCUT2D eigenvalue weighted by molar-refractivity contribution is -0.138. The highest BCUT2D eigenvalue weighted by Crippen LogP contribution is 2.45. The van der Waals surface area contributed by atoms with Crippen LogP contribution in [-0.4, -0.2) is 18.0 Å². The van der Waals surface area contributed by atoms with Gasteiger partial charge in [0.1, 0.15) is 0 Å². The van der Waals surface area contributed by atoms with Gasteiger partial charge in [-0.05, 0) is 61.6 Å². The van der Waals surface area contributed by atoms with E-state index in [0.29, 0.717) is 5.69 Å². The minimum Gasteiger partial charge on any atom is -0.366 e. The van der Waals surface area contributed by atoms with Crippen LogP contribution in [0.4, 0.5) is 43.4 Å². The molecule has 0 saturated carbocycles. The second kappa shape index (κ2) is 8.07. The van der Waals surface area contributed by atoms with E-state index in [9.17, 15) is 31.1 Å². The fourth-order valence-corrected chi connectivity index (χ4v) is 5.37. The maximum Gasteiger partial charge on any atom is 0.418 e. The molecular weight excluding hydrogens is 472 g/mol. The SMILES string of the molecule is C=C1C(C(=O)Nc2ccc(N3C4CCC3CC4)cc2C(F)(F)F)=CNc2cccc(C(F)(F)F)c21. The van der Waals surface area contributed by atoms with Crippen molar-refractivity contribution in [3.05, 3.63) is 71.4 Å². The average molecular weight is 493 g/mol. The first-order chi connectivity index (χ1) is 16.4. The molecule has 0 aliphatic carbocycles. The molecule has 2 N–H and O–H groups in total. The predicted molar refractivity (Wildman–Crippen MR) is 121 cm³/mol. The van der Waals surface area contributed by atoms with Crippen LogP contribution in [0.15, 0.2) is 54.8 Å². The average Bonchev–Trinajstić information content (AvgIpc) is 3.38. The molecule has 10 heteroatoms. The molecule has 3 heterocycles. The normalized spacial score (nSPS) is 21.5. The number of nitrogens with zero attached hydrogens (tertiary/aromatic N) is 1. The highest BCUT2D eigenvalue weighted by molar-refractivity contribution is 6.17. The first-order valence-corrected chi connectivity index (χ1v) is 11.1. The first-order valence-electron chi connectivity index (χ1n) is 11.1. The molecule has 35 heavy (non-hydrogen) atoms. The zero-order valence-electron chi connectivity index (χ0n) is 18.4. The Morgan fingerprint density at radius 3 is 2.17 bits per heavy atom. The third kappa shape index (κ3) is 4.04. The van der Waals surface area contributed by atoms with E-state index in [2.05, 4.69) is 17.2 Å². The third-order valence-corrected chi connectivity index (χ3v) is 6.92. The lowest BCUT2D eigenvalue weighted by atomic mass is 9.90. The molecule has 3 aliphatic rings. The second-order valence-corrected chi connectivity index (χ2v) is 8.96. The number of nitrogens with one attached hydrogen (secondary N) is 2. The standard InChI is InChI=1S/C25H21F6N3O/c1-13-17(12-32-21-4-2-3-18(22(13)21)24(26,27)28)23(35)33-20-10-9-16(11-19(20)25(29,30)31)34-14-5-6-15(34)8-7-14/h2-4,9-12,14-15,32H,1,5-8H2,(H,33,35). The summed E-state index contributed by atoms with van der Waals surface area (Å²) in [5, 5.41) is 4.85.